The van der Waals surface area contributed by atoms with Crippen molar-refractivity contribution in [1.82, 2.24) is 20.6 Å². The Morgan fingerprint density at radius 3 is 2.52 bits per heavy atom. The van der Waals surface area contributed by atoms with Crippen LogP contribution in [-0.4, -0.2) is 29.1 Å². The quantitative estimate of drug-likeness (QED) is 0.340. The third kappa shape index (κ3) is 9.03. The molecule has 2 heterocycles. The molecule has 0 saturated carbocycles. The van der Waals surface area contributed by atoms with Crippen LogP contribution >= 0.6 is 24.0 Å². The summed E-state index contributed by atoms with van der Waals surface area (Å²) in [5, 5.41) is 6.55. The van der Waals surface area contributed by atoms with Gasteiger partial charge in [-0.05, 0) is 43.0 Å². The molecule has 0 aliphatic rings. The number of guanidine groups is 1. The van der Waals surface area contributed by atoms with E-state index in [4.69, 9.17) is 4.74 Å². The van der Waals surface area contributed by atoms with Gasteiger partial charge in [-0.25, -0.2) is 4.98 Å². The first-order chi connectivity index (χ1) is 12.6. The molecule has 7 heteroatoms. The van der Waals surface area contributed by atoms with Gasteiger partial charge < -0.3 is 15.4 Å². The predicted octanol–water partition coefficient (Wildman–Crippen LogP) is 3.77. The summed E-state index contributed by atoms with van der Waals surface area (Å²) >= 11 is 0. The predicted molar refractivity (Wildman–Crippen MR) is 120 cm³/mol. The lowest BCUT2D eigenvalue weighted by Gasteiger charge is -2.16. The number of halogens is 1. The van der Waals surface area contributed by atoms with Crippen molar-refractivity contribution < 1.29 is 4.74 Å². The normalized spacial score (nSPS) is 12.3. The molecule has 0 bridgehead atoms. The molecule has 2 N–H and O–H groups in total. The summed E-state index contributed by atoms with van der Waals surface area (Å²) in [6.45, 7) is 7.72. The molecule has 0 aromatic carbocycles. The molecule has 2 rings (SSSR count). The molecule has 148 valence electrons. The minimum atomic E-state index is 0. The first-order valence-electron chi connectivity index (χ1n) is 9.03. The molecule has 0 spiro atoms. The monoisotopic (exact) mass is 483 g/mol. The minimum absolute atomic E-state index is 0. The van der Waals surface area contributed by atoms with E-state index in [-0.39, 0.29) is 30.1 Å². The van der Waals surface area contributed by atoms with E-state index in [0.717, 1.165) is 23.6 Å². The lowest BCUT2D eigenvalue weighted by atomic mass is 10.1. The zero-order chi connectivity index (χ0) is 18.8. The summed E-state index contributed by atoms with van der Waals surface area (Å²) in [5.41, 5.74) is 2.06. The van der Waals surface area contributed by atoms with Crippen LogP contribution in [0.5, 0.6) is 5.88 Å². The second kappa shape index (κ2) is 12.5. The van der Waals surface area contributed by atoms with Gasteiger partial charge in [0.25, 0.3) is 0 Å². The van der Waals surface area contributed by atoms with Gasteiger partial charge >= 0.3 is 0 Å². The Morgan fingerprint density at radius 2 is 1.85 bits per heavy atom. The van der Waals surface area contributed by atoms with Gasteiger partial charge in [-0.1, -0.05) is 19.9 Å². The van der Waals surface area contributed by atoms with E-state index in [9.17, 15) is 0 Å². The summed E-state index contributed by atoms with van der Waals surface area (Å²) in [4.78, 5) is 12.8. The highest BCUT2D eigenvalue weighted by Crippen LogP contribution is 2.14. The van der Waals surface area contributed by atoms with Gasteiger partial charge in [-0.15, -0.1) is 24.0 Å². The second-order valence-corrected chi connectivity index (χ2v) is 6.66. The van der Waals surface area contributed by atoms with Gasteiger partial charge in [-0.3, -0.25) is 9.98 Å². The van der Waals surface area contributed by atoms with Gasteiger partial charge in [0.05, 0.1) is 18.3 Å². The van der Waals surface area contributed by atoms with Crippen molar-refractivity contribution >= 4 is 29.9 Å². The number of nitrogens with one attached hydrogen (secondary N) is 2. The number of nitrogens with zero attached hydrogens (tertiary/aromatic N) is 3. The van der Waals surface area contributed by atoms with Crippen LogP contribution in [0.1, 0.15) is 38.4 Å². The van der Waals surface area contributed by atoms with E-state index in [1.165, 1.54) is 0 Å². The first kappa shape index (κ1) is 23.1. The molecule has 1 atom stereocenters. The molecule has 2 aromatic rings. The molecule has 0 aliphatic carbocycles. The lowest BCUT2D eigenvalue weighted by Crippen LogP contribution is -2.36. The van der Waals surface area contributed by atoms with Gasteiger partial charge in [0, 0.05) is 32.1 Å². The SMILES string of the molecule is CN=C(NCc1ccnc(OC(C)CC(C)C)c1)NCc1ccccn1.I. The summed E-state index contributed by atoms with van der Waals surface area (Å²) in [7, 11) is 1.75. The van der Waals surface area contributed by atoms with Gasteiger partial charge in [0.15, 0.2) is 5.96 Å². The topological polar surface area (TPSA) is 71.4 Å². The highest BCUT2D eigenvalue weighted by molar-refractivity contribution is 14.0. The first-order valence-corrected chi connectivity index (χ1v) is 9.03. The molecular formula is C20H30IN5O. The van der Waals surface area contributed by atoms with E-state index in [1.807, 2.05) is 30.3 Å². The van der Waals surface area contributed by atoms with Crippen LogP contribution in [-0.2, 0) is 13.1 Å². The van der Waals surface area contributed by atoms with E-state index >= 15 is 0 Å². The van der Waals surface area contributed by atoms with Crippen LogP contribution in [0, 0.1) is 5.92 Å². The van der Waals surface area contributed by atoms with Gasteiger partial charge in [-0.2, -0.15) is 0 Å². The van der Waals surface area contributed by atoms with Crippen molar-refractivity contribution in [2.24, 2.45) is 10.9 Å². The van der Waals surface area contributed by atoms with Crippen molar-refractivity contribution in [3.63, 3.8) is 0 Å². The maximum atomic E-state index is 5.91. The number of aliphatic imine (C=N–C) groups is 1. The molecule has 0 saturated heterocycles. The van der Waals surface area contributed by atoms with Crippen molar-refractivity contribution in [3.8, 4) is 5.88 Å². The number of hydrogen-bond acceptors (Lipinski definition) is 4. The molecule has 6 nitrogen and oxygen atoms in total. The maximum Gasteiger partial charge on any atom is 0.213 e. The lowest BCUT2D eigenvalue weighted by molar-refractivity contribution is 0.185. The molecule has 0 fully saturated rings. The number of pyridine rings is 2. The molecule has 2 aromatic heterocycles. The summed E-state index contributed by atoms with van der Waals surface area (Å²) < 4.78 is 5.91. The van der Waals surface area contributed by atoms with E-state index in [2.05, 4.69) is 46.4 Å². The third-order valence-electron chi connectivity index (χ3n) is 3.77. The standard InChI is InChI=1S/C20H29N5O.HI/c1-15(2)11-16(3)26-19-12-17(8-10-23-19)13-24-20(21-4)25-14-18-7-5-6-9-22-18;/h5-10,12,15-16H,11,13-14H2,1-4H3,(H2,21,24,25);1H. The highest BCUT2D eigenvalue weighted by atomic mass is 127. The van der Waals surface area contributed by atoms with Crippen LogP contribution in [0.2, 0.25) is 0 Å². The fraction of sp³-hybridized carbons (Fsp3) is 0.450. The van der Waals surface area contributed by atoms with Crippen molar-refractivity contribution in [1.29, 1.82) is 0 Å². The van der Waals surface area contributed by atoms with E-state index in [0.29, 0.717) is 24.9 Å². The Labute approximate surface area is 179 Å². The van der Waals surface area contributed by atoms with Crippen molar-refractivity contribution in [3.05, 3.63) is 54.0 Å². The van der Waals surface area contributed by atoms with Gasteiger partial charge in [0.1, 0.15) is 0 Å². The molecule has 0 aliphatic heterocycles. The van der Waals surface area contributed by atoms with E-state index in [1.54, 1.807) is 19.4 Å². The number of rotatable bonds is 8. The van der Waals surface area contributed by atoms with Crippen molar-refractivity contribution in [2.45, 2.75) is 46.4 Å². The Kier molecular flexibility index (Phi) is 10.7. The fourth-order valence-electron chi connectivity index (χ4n) is 2.63. The van der Waals surface area contributed by atoms with E-state index < -0.39 is 0 Å². The Bertz CT molecular complexity index is 694. The third-order valence-corrected chi connectivity index (χ3v) is 3.77. The molecular weight excluding hydrogens is 453 g/mol. The highest BCUT2D eigenvalue weighted by Gasteiger charge is 2.08. The summed E-state index contributed by atoms with van der Waals surface area (Å²) in [5.74, 6) is 1.99. The second-order valence-electron chi connectivity index (χ2n) is 6.66. The van der Waals surface area contributed by atoms with Crippen molar-refractivity contribution in [2.75, 3.05) is 7.05 Å². The number of ether oxygens (including phenoxy) is 1. The number of hydrogen-bond donors (Lipinski definition) is 2. The summed E-state index contributed by atoms with van der Waals surface area (Å²) in [6.07, 6.45) is 4.72. The average Bonchev–Trinajstić information content (AvgIpc) is 2.62. The average molecular weight is 483 g/mol. The molecule has 1 unspecified atom stereocenters. The zero-order valence-corrected chi connectivity index (χ0v) is 18.8. The minimum Gasteiger partial charge on any atom is -0.475 e. The Morgan fingerprint density at radius 1 is 1.07 bits per heavy atom. The molecule has 0 radical (unpaired) electrons. The van der Waals surface area contributed by atoms with Crippen LogP contribution < -0.4 is 15.4 Å². The number of aromatic nitrogens is 2. The van der Waals surface area contributed by atoms with Crippen LogP contribution in [0.3, 0.4) is 0 Å². The Balaban J connectivity index is 0.00000364. The van der Waals surface area contributed by atoms with Crippen LogP contribution in [0.25, 0.3) is 0 Å². The van der Waals surface area contributed by atoms with Gasteiger partial charge in [0.2, 0.25) is 5.88 Å². The maximum absolute atomic E-state index is 5.91. The molecule has 27 heavy (non-hydrogen) atoms. The zero-order valence-electron chi connectivity index (χ0n) is 16.5. The molecule has 0 amide bonds. The Hall–Kier alpha value is -1.90. The summed E-state index contributed by atoms with van der Waals surface area (Å²) in [6, 6.07) is 9.79. The fourth-order valence-corrected chi connectivity index (χ4v) is 2.63. The van der Waals surface area contributed by atoms with Crippen LogP contribution in [0.4, 0.5) is 0 Å². The smallest absolute Gasteiger partial charge is 0.213 e. The largest absolute Gasteiger partial charge is 0.475 e. The van der Waals surface area contributed by atoms with Crippen LogP contribution in [0.15, 0.2) is 47.7 Å².